The first-order valence-corrected chi connectivity index (χ1v) is 12.7. The van der Waals surface area contributed by atoms with Crippen molar-refractivity contribution in [2.24, 2.45) is 0 Å². The van der Waals surface area contributed by atoms with Crippen molar-refractivity contribution in [1.82, 2.24) is 34.5 Å². The standard InChI is InChI=1S/C22H21N7O4S2/c1-13-10-18-25-16(11-19(31)29(18)28-13)14-4-6-24-22(26-14)35-9-3-8-33-20(32)12-17(30)15-5-7-23-21(27-15)34-2/h4-7,10-11,31H,3,8-9,12H2,1-2H3. The molecule has 13 heteroatoms. The van der Waals surface area contributed by atoms with E-state index in [1.54, 1.807) is 24.6 Å². The molecule has 0 amide bonds. The number of nitrogens with zero attached hydrogens (tertiary/aromatic N) is 7. The predicted molar refractivity (Wildman–Crippen MR) is 129 cm³/mol. The maximum Gasteiger partial charge on any atom is 0.313 e. The fourth-order valence-electron chi connectivity index (χ4n) is 3.03. The molecule has 180 valence electrons. The lowest BCUT2D eigenvalue weighted by Crippen LogP contribution is -2.14. The minimum atomic E-state index is -0.598. The predicted octanol–water partition coefficient (Wildman–Crippen LogP) is 3.01. The lowest BCUT2D eigenvalue weighted by molar-refractivity contribution is -0.142. The topological polar surface area (TPSA) is 145 Å². The number of rotatable bonds is 10. The van der Waals surface area contributed by atoms with Gasteiger partial charge in [0.2, 0.25) is 5.88 Å². The zero-order valence-corrected chi connectivity index (χ0v) is 20.5. The number of ether oxygens (including phenoxy) is 1. The molecule has 0 saturated carbocycles. The van der Waals surface area contributed by atoms with Crippen LogP contribution in [0.4, 0.5) is 0 Å². The van der Waals surface area contributed by atoms with Crippen LogP contribution in [0.5, 0.6) is 5.88 Å². The Morgan fingerprint density at radius 3 is 2.69 bits per heavy atom. The van der Waals surface area contributed by atoms with Gasteiger partial charge in [-0.25, -0.2) is 24.9 Å². The normalized spacial score (nSPS) is 11.0. The Morgan fingerprint density at radius 2 is 1.86 bits per heavy atom. The number of carbonyl (C=O) groups excluding carboxylic acids is 2. The molecule has 4 rings (SSSR count). The van der Waals surface area contributed by atoms with Gasteiger partial charge in [0.25, 0.3) is 0 Å². The number of ketones is 1. The second-order valence-electron chi connectivity index (χ2n) is 7.23. The third-order valence-electron chi connectivity index (χ3n) is 4.62. The van der Waals surface area contributed by atoms with Gasteiger partial charge in [-0.1, -0.05) is 23.5 Å². The maximum atomic E-state index is 12.2. The lowest BCUT2D eigenvalue weighted by atomic mass is 10.2. The summed E-state index contributed by atoms with van der Waals surface area (Å²) < 4.78 is 6.53. The van der Waals surface area contributed by atoms with Gasteiger partial charge in [-0.15, -0.1) is 0 Å². The van der Waals surface area contributed by atoms with Crippen LogP contribution < -0.4 is 0 Å². The van der Waals surface area contributed by atoms with Crippen molar-refractivity contribution in [1.29, 1.82) is 0 Å². The van der Waals surface area contributed by atoms with Gasteiger partial charge in [0.1, 0.15) is 12.1 Å². The zero-order chi connectivity index (χ0) is 24.8. The summed E-state index contributed by atoms with van der Waals surface area (Å²) in [5.41, 5.74) is 2.53. The van der Waals surface area contributed by atoms with Crippen molar-refractivity contribution < 1.29 is 19.4 Å². The van der Waals surface area contributed by atoms with E-state index in [9.17, 15) is 14.7 Å². The first kappa shape index (κ1) is 24.5. The van der Waals surface area contributed by atoms with E-state index >= 15 is 0 Å². The number of hydrogen-bond donors (Lipinski definition) is 1. The van der Waals surface area contributed by atoms with Crippen LogP contribution in [0.3, 0.4) is 0 Å². The molecule has 4 aromatic heterocycles. The Hall–Kier alpha value is -3.58. The van der Waals surface area contributed by atoms with E-state index in [2.05, 4.69) is 30.0 Å². The summed E-state index contributed by atoms with van der Waals surface area (Å²) in [6.07, 6.45) is 5.10. The molecule has 0 fully saturated rings. The van der Waals surface area contributed by atoms with Gasteiger partial charge < -0.3 is 9.84 Å². The molecule has 0 bridgehead atoms. The van der Waals surface area contributed by atoms with E-state index in [4.69, 9.17) is 4.74 Å². The molecular weight excluding hydrogens is 490 g/mol. The third-order valence-corrected chi connectivity index (χ3v) is 6.13. The Balaban J connectivity index is 1.25. The molecule has 0 aliphatic heterocycles. The van der Waals surface area contributed by atoms with Crippen LogP contribution in [-0.2, 0) is 9.53 Å². The number of thioether (sulfide) groups is 2. The number of aromatic hydroxyl groups is 1. The molecule has 0 radical (unpaired) electrons. The summed E-state index contributed by atoms with van der Waals surface area (Å²) in [5, 5.41) is 15.4. The van der Waals surface area contributed by atoms with Crippen molar-refractivity contribution in [3.05, 3.63) is 48.0 Å². The van der Waals surface area contributed by atoms with Gasteiger partial charge in [-0.3, -0.25) is 9.59 Å². The van der Waals surface area contributed by atoms with Crippen LogP contribution in [-0.4, -0.2) is 70.0 Å². The number of Topliss-reactive ketones (excluding diaryl/α,β-unsaturated/α-hetero) is 1. The molecule has 0 spiro atoms. The molecule has 0 aliphatic rings. The first-order valence-electron chi connectivity index (χ1n) is 10.5. The van der Waals surface area contributed by atoms with Crippen LogP contribution in [0.1, 0.15) is 29.0 Å². The van der Waals surface area contributed by atoms with Crippen LogP contribution >= 0.6 is 23.5 Å². The molecule has 0 aromatic carbocycles. The monoisotopic (exact) mass is 511 g/mol. The third kappa shape index (κ3) is 6.31. The molecular formula is C22H21N7O4S2. The Morgan fingerprint density at radius 1 is 1.06 bits per heavy atom. The van der Waals surface area contributed by atoms with E-state index in [1.807, 2.05) is 6.92 Å². The van der Waals surface area contributed by atoms with Gasteiger partial charge in [0.15, 0.2) is 21.7 Å². The Kier molecular flexibility index (Phi) is 7.87. The lowest BCUT2D eigenvalue weighted by Gasteiger charge is -2.06. The van der Waals surface area contributed by atoms with E-state index in [-0.39, 0.29) is 24.6 Å². The fraction of sp³-hybridized carbons (Fsp3) is 0.273. The van der Waals surface area contributed by atoms with Gasteiger partial charge in [0.05, 0.1) is 23.7 Å². The highest BCUT2D eigenvalue weighted by atomic mass is 32.2. The number of aryl methyl sites for hydroxylation is 1. The number of hydrogen-bond acceptors (Lipinski definition) is 12. The molecule has 4 aromatic rings. The van der Waals surface area contributed by atoms with Gasteiger partial charge >= 0.3 is 5.97 Å². The second kappa shape index (κ2) is 11.2. The van der Waals surface area contributed by atoms with E-state index in [0.717, 1.165) is 5.69 Å². The Labute approximate surface area is 208 Å². The summed E-state index contributed by atoms with van der Waals surface area (Å²) in [4.78, 5) is 45.5. The van der Waals surface area contributed by atoms with Crippen molar-refractivity contribution >= 4 is 40.9 Å². The van der Waals surface area contributed by atoms with Crippen molar-refractivity contribution in [3.8, 4) is 17.3 Å². The SMILES string of the molecule is CSc1nccc(C(=O)CC(=O)OCCCSc2nccc(-c3cc(O)n4nc(C)cc4n3)n2)n1. The average molecular weight is 512 g/mol. The van der Waals surface area contributed by atoms with Gasteiger partial charge in [-0.2, -0.15) is 9.61 Å². The maximum absolute atomic E-state index is 12.2. The number of carbonyl (C=O) groups is 2. The molecule has 0 unspecified atom stereocenters. The molecule has 4 heterocycles. The van der Waals surface area contributed by atoms with Crippen LogP contribution in [0.2, 0.25) is 0 Å². The van der Waals surface area contributed by atoms with Crippen molar-refractivity contribution in [3.63, 3.8) is 0 Å². The summed E-state index contributed by atoms with van der Waals surface area (Å²) in [6.45, 7) is 1.99. The number of fused-ring (bicyclic) bond motifs is 1. The Bertz CT molecular complexity index is 1380. The van der Waals surface area contributed by atoms with Crippen LogP contribution in [0.15, 0.2) is 47.0 Å². The fourth-order valence-corrected chi connectivity index (χ4v) is 4.13. The summed E-state index contributed by atoms with van der Waals surface area (Å²) >= 11 is 2.72. The quantitative estimate of drug-likeness (QED) is 0.0834. The largest absolute Gasteiger partial charge is 0.493 e. The highest BCUT2D eigenvalue weighted by Crippen LogP contribution is 2.23. The van der Waals surface area contributed by atoms with E-state index < -0.39 is 11.8 Å². The van der Waals surface area contributed by atoms with Crippen LogP contribution in [0.25, 0.3) is 17.0 Å². The molecule has 0 atom stereocenters. The second-order valence-corrected chi connectivity index (χ2v) is 9.07. The highest BCUT2D eigenvalue weighted by Gasteiger charge is 2.15. The molecule has 0 aliphatic carbocycles. The molecule has 0 saturated heterocycles. The van der Waals surface area contributed by atoms with E-state index in [1.165, 1.54) is 46.4 Å². The molecule has 1 N–H and O–H groups in total. The van der Waals surface area contributed by atoms with Gasteiger partial charge in [-0.05, 0) is 31.7 Å². The number of aromatic nitrogens is 7. The van der Waals surface area contributed by atoms with Crippen molar-refractivity contribution in [2.45, 2.75) is 30.1 Å². The average Bonchev–Trinajstić information content (AvgIpc) is 3.25. The van der Waals surface area contributed by atoms with Gasteiger partial charge in [0, 0.05) is 30.3 Å². The minimum Gasteiger partial charge on any atom is -0.493 e. The summed E-state index contributed by atoms with van der Waals surface area (Å²) in [5.74, 6) is -0.432. The minimum absolute atomic E-state index is 0.0318. The summed E-state index contributed by atoms with van der Waals surface area (Å²) in [7, 11) is 0. The van der Waals surface area contributed by atoms with Crippen molar-refractivity contribution in [2.75, 3.05) is 18.6 Å². The first-order chi connectivity index (χ1) is 16.9. The zero-order valence-electron chi connectivity index (χ0n) is 18.9. The summed E-state index contributed by atoms with van der Waals surface area (Å²) in [6, 6.07) is 6.46. The van der Waals surface area contributed by atoms with Crippen LogP contribution in [0, 0.1) is 6.92 Å². The highest BCUT2D eigenvalue weighted by molar-refractivity contribution is 7.99. The smallest absolute Gasteiger partial charge is 0.313 e. The molecule has 35 heavy (non-hydrogen) atoms. The number of esters is 1. The van der Waals surface area contributed by atoms with E-state index in [0.29, 0.717) is 39.5 Å². The molecule has 11 nitrogen and oxygen atoms in total.